The highest BCUT2D eigenvalue weighted by Crippen LogP contribution is 2.62. The summed E-state index contributed by atoms with van der Waals surface area (Å²) in [5.74, 6) is 0. The van der Waals surface area contributed by atoms with E-state index in [0.29, 0.717) is 0 Å². The Kier molecular flexibility index (Phi) is 7.75. The lowest BCUT2D eigenvalue weighted by Gasteiger charge is -2.50. The second-order valence-corrected chi connectivity index (χ2v) is 24.6. The first-order chi connectivity index (χ1) is 31.7. The summed E-state index contributed by atoms with van der Waals surface area (Å²) in [6.07, 6.45) is 4.89. The molecule has 6 heteroatoms. The third kappa shape index (κ3) is 4.94. The number of para-hydroxylation sites is 1. The molecule has 1 aliphatic carbocycles. The molecular formula is C60H54BN3S2. The molecule has 7 aromatic carbocycles. The van der Waals surface area contributed by atoms with Gasteiger partial charge in [0, 0.05) is 69.5 Å². The van der Waals surface area contributed by atoms with Crippen LogP contribution >= 0.6 is 22.7 Å². The number of hydrogen-bond donors (Lipinski definition) is 0. The zero-order valence-corrected chi connectivity index (χ0v) is 40.9. The van der Waals surface area contributed by atoms with Crippen LogP contribution in [0.4, 0.5) is 28.4 Å². The summed E-state index contributed by atoms with van der Waals surface area (Å²) in [6.45, 7) is 19.5. The number of thiophene rings is 2. The number of aromatic nitrogens is 1. The molecule has 2 atom stereocenters. The summed E-state index contributed by atoms with van der Waals surface area (Å²) >= 11 is 3.86. The fourth-order valence-electron chi connectivity index (χ4n) is 13.3. The van der Waals surface area contributed by atoms with E-state index in [1.54, 1.807) is 0 Å². The van der Waals surface area contributed by atoms with Crippen LogP contribution in [0.3, 0.4) is 0 Å². The Bertz CT molecular complexity index is 3760. The molecule has 3 aliphatic heterocycles. The fourth-order valence-corrected chi connectivity index (χ4v) is 15.6. The predicted molar refractivity (Wildman–Crippen MR) is 289 cm³/mol. The lowest BCUT2D eigenvalue weighted by Crippen LogP contribution is -2.60. The van der Waals surface area contributed by atoms with Gasteiger partial charge in [0.1, 0.15) is 0 Å². The Labute approximate surface area is 396 Å². The van der Waals surface area contributed by atoms with Crippen molar-refractivity contribution in [2.45, 2.75) is 103 Å². The van der Waals surface area contributed by atoms with Crippen molar-refractivity contribution in [3.63, 3.8) is 0 Å². The maximum absolute atomic E-state index is 2.80. The molecule has 14 rings (SSSR count). The maximum Gasteiger partial charge on any atom is 0.252 e. The van der Waals surface area contributed by atoms with Gasteiger partial charge in [0.25, 0.3) is 6.71 Å². The maximum atomic E-state index is 2.80. The van der Waals surface area contributed by atoms with Crippen molar-refractivity contribution in [1.29, 1.82) is 0 Å². The molecule has 0 N–H and O–H groups in total. The van der Waals surface area contributed by atoms with E-state index in [2.05, 4.69) is 203 Å². The highest BCUT2D eigenvalue weighted by atomic mass is 32.1. The largest absolute Gasteiger partial charge is 0.334 e. The highest BCUT2D eigenvalue weighted by molar-refractivity contribution is 7.27. The molecule has 2 unspecified atom stereocenters. The Hall–Kier alpha value is -5.82. The summed E-state index contributed by atoms with van der Waals surface area (Å²) in [4.78, 5) is 5.51. The van der Waals surface area contributed by atoms with Crippen LogP contribution in [0.25, 0.3) is 57.1 Å². The van der Waals surface area contributed by atoms with E-state index in [4.69, 9.17) is 0 Å². The minimum Gasteiger partial charge on any atom is -0.334 e. The predicted octanol–water partition coefficient (Wildman–Crippen LogP) is 15.3. The fraction of sp³-hybridized carbons (Fsp3) is 0.267. The van der Waals surface area contributed by atoms with E-state index in [1.807, 2.05) is 22.7 Å². The van der Waals surface area contributed by atoms with Gasteiger partial charge in [-0.25, -0.2) is 0 Å². The van der Waals surface area contributed by atoms with Gasteiger partial charge < -0.3 is 14.4 Å². The van der Waals surface area contributed by atoms with Crippen LogP contribution in [-0.2, 0) is 16.2 Å². The molecule has 10 aromatic rings. The molecule has 324 valence electrons. The number of rotatable bonds is 2. The van der Waals surface area contributed by atoms with Gasteiger partial charge in [-0.3, -0.25) is 0 Å². The molecule has 0 bridgehead atoms. The van der Waals surface area contributed by atoms with Crippen LogP contribution in [0.15, 0.2) is 133 Å². The first-order valence-corrected chi connectivity index (χ1v) is 25.8. The van der Waals surface area contributed by atoms with Gasteiger partial charge in [-0.15, -0.1) is 22.7 Å². The number of anilines is 5. The van der Waals surface area contributed by atoms with Crippen molar-refractivity contribution in [3.05, 3.63) is 150 Å². The SMILES string of the molecule is CC(C)(C)c1cc2c3c(c1)-n1c4c(cccc4c4sc5ccccc5c41)B3c1ccc(N3c4ccc(C(C)(C)C)cc4C4(C)CCCCC34C)cc1N2c1cccc2sc3ccccc3c12. The average Bonchev–Trinajstić information content (AvgIpc) is 4.02. The molecule has 1 saturated carbocycles. The quantitative estimate of drug-likeness (QED) is 0.160. The molecule has 3 aromatic heterocycles. The van der Waals surface area contributed by atoms with E-state index in [1.165, 1.54) is 144 Å². The first-order valence-electron chi connectivity index (χ1n) is 24.2. The summed E-state index contributed by atoms with van der Waals surface area (Å²) < 4.78 is 8.07. The van der Waals surface area contributed by atoms with Gasteiger partial charge in [0.15, 0.2) is 0 Å². The molecular weight excluding hydrogens is 838 g/mol. The third-order valence-corrected chi connectivity index (χ3v) is 19.2. The summed E-state index contributed by atoms with van der Waals surface area (Å²) in [5.41, 5.74) is 19.0. The van der Waals surface area contributed by atoms with Crippen LogP contribution in [-0.4, -0.2) is 16.8 Å². The average molecular weight is 892 g/mol. The number of fused-ring (bicyclic) bond motifs is 15. The van der Waals surface area contributed by atoms with E-state index in [9.17, 15) is 0 Å². The van der Waals surface area contributed by atoms with Crippen LogP contribution in [0.2, 0.25) is 0 Å². The summed E-state index contributed by atoms with van der Waals surface area (Å²) in [5, 5.41) is 5.36. The van der Waals surface area contributed by atoms with Gasteiger partial charge >= 0.3 is 0 Å². The van der Waals surface area contributed by atoms with E-state index >= 15 is 0 Å². The number of benzene rings is 7. The topological polar surface area (TPSA) is 11.4 Å². The minimum absolute atomic E-state index is 0.0309. The number of hydrogen-bond acceptors (Lipinski definition) is 4. The van der Waals surface area contributed by atoms with Crippen LogP contribution < -0.4 is 26.2 Å². The monoisotopic (exact) mass is 891 g/mol. The van der Waals surface area contributed by atoms with Gasteiger partial charge in [0.2, 0.25) is 0 Å². The highest BCUT2D eigenvalue weighted by Gasteiger charge is 2.58. The molecule has 0 radical (unpaired) electrons. The second kappa shape index (κ2) is 13.0. The Morgan fingerprint density at radius 3 is 2.03 bits per heavy atom. The zero-order valence-electron chi connectivity index (χ0n) is 39.3. The molecule has 6 heterocycles. The molecule has 0 amide bonds. The summed E-state index contributed by atoms with van der Waals surface area (Å²) in [7, 11) is 0. The lowest BCUT2D eigenvalue weighted by atomic mass is 9.33. The van der Waals surface area contributed by atoms with Crippen molar-refractivity contribution in [3.8, 4) is 5.69 Å². The van der Waals surface area contributed by atoms with E-state index in [-0.39, 0.29) is 28.5 Å². The van der Waals surface area contributed by atoms with Crippen LogP contribution in [0, 0.1) is 0 Å². The molecule has 0 saturated heterocycles. The zero-order chi connectivity index (χ0) is 44.8. The minimum atomic E-state index is -0.0971. The number of nitrogens with zero attached hydrogens (tertiary/aromatic N) is 3. The normalized spacial score (nSPS) is 19.9. The van der Waals surface area contributed by atoms with E-state index < -0.39 is 0 Å². The second-order valence-electron chi connectivity index (χ2n) is 22.4. The third-order valence-electron chi connectivity index (χ3n) is 16.8. The molecule has 66 heavy (non-hydrogen) atoms. The van der Waals surface area contributed by atoms with Crippen LogP contribution in [0.1, 0.15) is 97.8 Å². The molecule has 0 spiro atoms. The molecule has 4 aliphatic rings. The Morgan fingerprint density at radius 1 is 0.530 bits per heavy atom. The van der Waals surface area contributed by atoms with Crippen LogP contribution in [0.5, 0.6) is 0 Å². The van der Waals surface area contributed by atoms with Crippen molar-refractivity contribution >= 4 is 126 Å². The summed E-state index contributed by atoms with van der Waals surface area (Å²) in [6, 6.07) is 52.5. The Balaban J connectivity index is 1.11. The van der Waals surface area contributed by atoms with E-state index in [0.717, 1.165) is 0 Å². The van der Waals surface area contributed by atoms with Crippen molar-refractivity contribution < 1.29 is 0 Å². The van der Waals surface area contributed by atoms with Gasteiger partial charge in [-0.2, -0.15) is 0 Å². The smallest absolute Gasteiger partial charge is 0.252 e. The van der Waals surface area contributed by atoms with Crippen molar-refractivity contribution in [2.24, 2.45) is 0 Å². The standard InChI is InChI=1S/C60H54BN3S2/c1-57(2,3)35-25-28-44-41(31-35)59(7)29-13-14-30-60(59,8)64(44)37-26-27-42-46(34-37)62(45-21-16-24-51-52(45)38-17-9-11-22-49(38)65-51)47-32-36(58(4,5)6)33-48-53(47)61(42)43-20-15-19-40-54(43)63(48)55-39-18-10-12-23-50(39)66-56(40)55/h9-12,15-28,31-34H,13-14,29-30H2,1-8H3. The van der Waals surface area contributed by atoms with Gasteiger partial charge in [-0.1, -0.05) is 140 Å². The Morgan fingerprint density at radius 2 is 1.23 bits per heavy atom. The molecule has 3 nitrogen and oxygen atoms in total. The van der Waals surface area contributed by atoms with Crippen molar-refractivity contribution in [2.75, 3.05) is 9.80 Å². The van der Waals surface area contributed by atoms with Crippen molar-refractivity contribution in [1.82, 2.24) is 4.57 Å². The lowest BCUT2D eigenvalue weighted by molar-refractivity contribution is 0.195. The van der Waals surface area contributed by atoms with Gasteiger partial charge in [0.05, 0.1) is 27.0 Å². The first kappa shape index (κ1) is 39.4. The van der Waals surface area contributed by atoms with Gasteiger partial charge in [-0.05, 0) is 118 Å². The molecule has 1 fully saturated rings.